The lowest BCUT2D eigenvalue weighted by Crippen LogP contribution is -1.96. The summed E-state index contributed by atoms with van der Waals surface area (Å²) in [6.07, 6.45) is 0. The van der Waals surface area contributed by atoms with E-state index < -0.39 is 22.7 Å². The first kappa shape index (κ1) is 11.0. The van der Waals surface area contributed by atoms with E-state index in [1.165, 1.54) is 0 Å². The summed E-state index contributed by atoms with van der Waals surface area (Å²) < 4.78 is 37.2. The highest BCUT2D eigenvalue weighted by Crippen LogP contribution is 1.79. The highest BCUT2D eigenvalue weighted by Gasteiger charge is 1.95. The van der Waals surface area contributed by atoms with Gasteiger partial charge >= 0.3 is 22.7 Å². The average Bonchev–Trinajstić information content (AvgIpc) is 1.27. The molecule has 0 bridgehead atoms. The highest BCUT2D eigenvalue weighted by molar-refractivity contribution is 7.87. The Labute approximate surface area is 52.0 Å². The van der Waals surface area contributed by atoms with Gasteiger partial charge < -0.3 is 0 Å². The van der Waals surface area contributed by atoms with Gasteiger partial charge in [-0.2, -0.15) is 8.42 Å². The van der Waals surface area contributed by atoms with E-state index in [9.17, 15) is 8.42 Å². The van der Waals surface area contributed by atoms with Crippen LogP contribution in [0.3, 0.4) is 0 Å². The van der Waals surface area contributed by atoms with Crippen LogP contribution in [0, 0.1) is 0 Å². The molecule has 0 aliphatic rings. The van der Waals surface area contributed by atoms with E-state index in [1.807, 2.05) is 0 Å². The third-order valence-corrected chi connectivity index (χ3v) is 1.05. The van der Waals surface area contributed by atoms with Crippen molar-refractivity contribution in [2.45, 2.75) is 7.43 Å². The fourth-order valence-corrected chi connectivity index (χ4v) is 0.448. The highest BCUT2D eigenvalue weighted by atomic mass is 32.3. The zero-order valence-corrected chi connectivity index (χ0v) is 4.57. The van der Waals surface area contributed by atoms with Crippen molar-refractivity contribution in [1.82, 2.24) is 0 Å². The molecule has 0 aromatic carbocycles. The summed E-state index contributed by atoms with van der Waals surface area (Å²) in [6.45, 7) is 0. The van der Waals surface area contributed by atoms with Gasteiger partial charge in [0.05, 0.1) is 0 Å². The third kappa shape index (κ3) is 9.49. The molecular formula is CH6O5S2. The second-order valence-corrected chi connectivity index (χ2v) is 1.92. The fraction of sp³-hybridized carbons (Fsp3) is 1.00. The van der Waals surface area contributed by atoms with Crippen molar-refractivity contribution in [3.8, 4) is 0 Å². The molecule has 0 radical (unpaired) electrons. The minimum absolute atomic E-state index is 0. The van der Waals surface area contributed by atoms with E-state index in [0.29, 0.717) is 0 Å². The number of rotatable bonds is 2. The molecule has 0 aromatic rings. The van der Waals surface area contributed by atoms with Gasteiger partial charge in [-0.1, -0.05) is 7.43 Å². The molecule has 52 valence electrons. The van der Waals surface area contributed by atoms with Gasteiger partial charge in [0.25, 0.3) is 0 Å². The van der Waals surface area contributed by atoms with Gasteiger partial charge in [-0.25, -0.2) is 0 Å². The van der Waals surface area contributed by atoms with Crippen LogP contribution in [0.5, 0.6) is 0 Å². The Morgan fingerprint density at radius 2 is 1.38 bits per heavy atom. The Bertz CT molecular complexity index is 86.6. The van der Waals surface area contributed by atoms with Crippen LogP contribution in [0.15, 0.2) is 0 Å². The minimum atomic E-state index is -2.65. The van der Waals surface area contributed by atoms with Gasteiger partial charge in [-0.05, 0) is 0 Å². The second-order valence-electron chi connectivity index (χ2n) is 0.502. The predicted octanol–water partition coefficient (Wildman–Crippen LogP) is -0.0875. The Hall–Kier alpha value is 0.180. The second kappa shape index (κ2) is 5.32. The Kier molecular flexibility index (Phi) is 7.34. The largest absolute Gasteiger partial charge is 0.317 e. The molecule has 0 fully saturated rings. The Morgan fingerprint density at radius 1 is 1.12 bits per heavy atom. The summed E-state index contributed by atoms with van der Waals surface area (Å²) in [6, 6.07) is 0. The minimum Gasteiger partial charge on any atom is -0.283 e. The van der Waals surface area contributed by atoms with Crippen LogP contribution in [0.2, 0.25) is 0 Å². The first-order valence-electron chi connectivity index (χ1n) is 1.03. The maximum atomic E-state index is 9.35. The zero-order chi connectivity index (χ0) is 5.86. The first-order valence-corrected chi connectivity index (χ1v) is 3.10. The van der Waals surface area contributed by atoms with Gasteiger partial charge in [-0.15, -0.1) is 3.63 Å². The summed E-state index contributed by atoms with van der Waals surface area (Å²) in [5.41, 5.74) is 0. The fourth-order valence-electron chi connectivity index (χ4n) is 0.0498. The molecule has 0 saturated carbocycles. The summed E-state index contributed by atoms with van der Waals surface area (Å²) in [5.74, 6) is 0. The van der Waals surface area contributed by atoms with E-state index >= 15 is 0 Å². The first-order chi connectivity index (χ1) is 3.13. The normalized spacial score (nSPS) is 16.2. The molecule has 2 N–H and O–H groups in total. The van der Waals surface area contributed by atoms with Crippen molar-refractivity contribution < 1.29 is 21.2 Å². The van der Waals surface area contributed by atoms with E-state index in [-0.39, 0.29) is 7.43 Å². The van der Waals surface area contributed by atoms with Crippen LogP contribution in [0.25, 0.3) is 0 Å². The summed E-state index contributed by atoms with van der Waals surface area (Å²) in [4.78, 5) is 0. The van der Waals surface area contributed by atoms with Gasteiger partial charge in [0, 0.05) is 0 Å². The monoisotopic (exact) mass is 162 g/mol. The molecule has 0 unspecified atom stereocenters. The predicted molar refractivity (Wildman–Crippen MR) is 29.4 cm³/mol. The van der Waals surface area contributed by atoms with Crippen LogP contribution in [-0.2, 0) is 26.4 Å². The van der Waals surface area contributed by atoms with Crippen LogP contribution in [0.4, 0.5) is 0 Å². The Balaban J connectivity index is 0. The summed E-state index contributed by atoms with van der Waals surface area (Å²) in [7, 11) is 0. The number of hydrogen-bond donors (Lipinski definition) is 2. The molecule has 5 nitrogen and oxygen atoms in total. The maximum Gasteiger partial charge on any atom is 0.317 e. The van der Waals surface area contributed by atoms with Crippen molar-refractivity contribution in [2.24, 2.45) is 0 Å². The molecule has 0 amide bonds. The topological polar surface area (TPSA) is 83.8 Å². The van der Waals surface area contributed by atoms with Crippen LogP contribution < -0.4 is 0 Å². The average molecular weight is 162 g/mol. The van der Waals surface area contributed by atoms with Gasteiger partial charge in [0.2, 0.25) is 0 Å². The van der Waals surface area contributed by atoms with E-state index in [2.05, 4.69) is 3.63 Å². The number of hydrogen-bond acceptors (Lipinski definition) is 3. The molecule has 0 rings (SSSR count). The van der Waals surface area contributed by atoms with Crippen molar-refractivity contribution in [3.05, 3.63) is 0 Å². The summed E-state index contributed by atoms with van der Waals surface area (Å²) >= 11 is -5.29. The van der Waals surface area contributed by atoms with E-state index in [0.717, 1.165) is 0 Å². The van der Waals surface area contributed by atoms with E-state index in [1.54, 1.807) is 0 Å². The Morgan fingerprint density at radius 3 is 1.38 bits per heavy atom. The van der Waals surface area contributed by atoms with Crippen LogP contribution >= 0.6 is 0 Å². The van der Waals surface area contributed by atoms with Gasteiger partial charge in [-0.3, -0.25) is 9.11 Å². The maximum absolute atomic E-state index is 9.35. The van der Waals surface area contributed by atoms with Crippen molar-refractivity contribution in [1.29, 1.82) is 0 Å². The quantitative estimate of drug-likeness (QED) is 0.554. The van der Waals surface area contributed by atoms with Crippen LogP contribution in [0.1, 0.15) is 7.43 Å². The van der Waals surface area contributed by atoms with Crippen molar-refractivity contribution in [3.63, 3.8) is 0 Å². The van der Waals surface area contributed by atoms with Gasteiger partial charge in [0.1, 0.15) is 0 Å². The lowest BCUT2D eigenvalue weighted by molar-refractivity contribution is 0.427. The van der Waals surface area contributed by atoms with E-state index in [4.69, 9.17) is 9.11 Å². The smallest absolute Gasteiger partial charge is 0.283 e. The van der Waals surface area contributed by atoms with Gasteiger partial charge in [0.15, 0.2) is 0 Å². The molecular weight excluding hydrogens is 156 g/mol. The molecule has 0 saturated heterocycles. The summed E-state index contributed by atoms with van der Waals surface area (Å²) in [5, 5.41) is 0. The zero-order valence-electron chi connectivity index (χ0n) is 2.94. The third-order valence-electron chi connectivity index (χ3n) is 0.116. The lowest BCUT2D eigenvalue weighted by Gasteiger charge is -1.82. The molecule has 0 aliphatic carbocycles. The standard InChI is InChI=1S/CH4.H2O5S2/c;1-6(2)5-7(3)4/h1H4;(H,1,2)(H,3,4). The van der Waals surface area contributed by atoms with Crippen molar-refractivity contribution >= 4 is 22.7 Å². The molecule has 0 aromatic heterocycles. The SMILES string of the molecule is C.O=S(O)OS(=O)O. The van der Waals surface area contributed by atoms with Crippen LogP contribution in [-0.4, -0.2) is 17.5 Å². The lowest BCUT2D eigenvalue weighted by atomic mass is 12.0. The molecule has 0 heterocycles. The van der Waals surface area contributed by atoms with Crippen molar-refractivity contribution in [2.75, 3.05) is 0 Å². The molecule has 8 heavy (non-hydrogen) atoms. The molecule has 0 spiro atoms. The molecule has 7 heteroatoms. The molecule has 0 aliphatic heterocycles. The molecule has 0 atom stereocenters.